The van der Waals surface area contributed by atoms with Gasteiger partial charge in [0, 0.05) is 10.0 Å². The van der Waals surface area contributed by atoms with E-state index in [1.165, 1.54) is 12.1 Å². The number of hydrogen-bond acceptors (Lipinski definition) is 0. The van der Waals surface area contributed by atoms with E-state index in [9.17, 15) is 13.2 Å². The van der Waals surface area contributed by atoms with E-state index >= 15 is 0 Å². The molecule has 0 radical (unpaired) electrons. The predicted octanol–water partition coefficient (Wildman–Crippen LogP) is 8.39. The fourth-order valence-electron chi connectivity index (χ4n) is 4.07. The van der Waals surface area contributed by atoms with Crippen LogP contribution in [0.4, 0.5) is 13.2 Å². The van der Waals surface area contributed by atoms with E-state index in [4.69, 9.17) is 23.2 Å². The van der Waals surface area contributed by atoms with Crippen LogP contribution in [0.2, 0.25) is 10.0 Å². The molecule has 0 spiro atoms. The normalized spacial score (nSPS) is 12.0. The van der Waals surface area contributed by atoms with Gasteiger partial charge in [0.15, 0.2) is 0 Å². The summed E-state index contributed by atoms with van der Waals surface area (Å²) in [4.78, 5) is 0. The highest BCUT2D eigenvalue weighted by Crippen LogP contribution is 2.48. The summed E-state index contributed by atoms with van der Waals surface area (Å²) in [5.41, 5.74) is 0.908. The maximum absolute atomic E-state index is 13.7. The minimum atomic E-state index is -4.47. The van der Waals surface area contributed by atoms with E-state index in [0.717, 1.165) is 17.2 Å². The van der Waals surface area contributed by atoms with Crippen LogP contribution in [0, 0.1) is 0 Å². The van der Waals surface area contributed by atoms with Crippen LogP contribution in [-0.2, 0) is 11.6 Å². The molecule has 0 fully saturated rings. The van der Waals surface area contributed by atoms with Gasteiger partial charge in [0.2, 0.25) is 0 Å². The molecule has 0 heterocycles. The van der Waals surface area contributed by atoms with Crippen LogP contribution < -0.4 is 0 Å². The monoisotopic (exact) mass is 456 g/mol. The first kappa shape index (κ1) is 21.5. The summed E-state index contributed by atoms with van der Waals surface area (Å²) >= 11 is 12.8. The van der Waals surface area contributed by atoms with E-state index in [0.29, 0.717) is 21.2 Å². The Kier molecular flexibility index (Phi) is 5.83. The standard InChI is InChI=1S/C26H17Cl2F3/c27-22-14-15-23(24(28)17-22)25(18-8-3-1-4-9-18,19-10-5-2-6-11-19)20-12-7-13-21(16-20)26(29,30)31/h1-17H. The van der Waals surface area contributed by atoms with E-state index < -0.39 is 17.2 Å². The maximum Gasteiger partial charge on any atom is 0.416 e. The number of hydrogen-bond donors (Lipinski definition) is 0. The summed E-state index contributed by atoms with van der Waals surface area (Å²) in [6, 6.07) is 29.3. The zero-order chi connectivity index (χ0) is 22.1. The highest BCUT2D eigenvalue weighted by Gasteiger charge is 2.41. The minimum absolute atomic E-state index is 0.373. The van der Waals surface area contributed by atoms with Gasteiger partial charge in [0.05, 0.1) is 11.0 Å². The molecule has 0 unspecified atom stereocenters. The summed E-state index contributed by atoms with van der Waals surface area (Å²) in [6.07, 6.45) is -4.47. The molecule has 0 saturated carbocycles. The molecule has 0 atom stereocenters. The van der Waals surface area contributed by atoms with Crippen LogP contribution in [0.15, 0.2) is 103 Å². The quantitative estimate of drug-likeness (QED) is 0.270. The van der Waals surface area contributed by atoms with Crippen molar-refractivity contribution in [2.24, 2.45) is 0 Å². The molecule has 0 aromatic heterocycles. The average molecular weight is 457 g/mol. The number of benzene rings is 4. The van der Waals surface area contributed by atoms with E-state index in [-0.39, 0.29) is 0 Å². The van der Waals surface area contributed by atoms with Crippen molar-refractivity contribution < 1.29 is 13.2 Å². The minimum Gasteiger partial charge on any atom is -0.166 e. The lowest BCUT2D eigenvalue weighted by atomic mass is 9.65. The molecule has 0 aliphatic heterocycles. The first-order chi connectivity index (χ1) is 14.8. The van der Waals surface area contributed by atoms with Gasteiger partial charge < -0.3 is 0 Å². The molecule has 0 amide bonds. The summed E-state index contributed by atoms with van der Waals surface area (Å²) in [5, 5.41) is 0.824. The summed E-state index contributed by atoms with van der Waals surface area (Å²) < 4.78 is 41.0. The Morgan fingerprint density at radius 1 is 0.516 bits per heavy atom. The van der Waals surface area contributed by atoms with Crippen LogP contribution >= 0.6 is 23.2 Å². The number of halogens is 5. The van der Waals surface area contributed by atoms with Crippen molar-refractivity contribution in [2.75, 3.05) is 0 Å². The van der Waals surface area contributed by atoms with Crippen molar-refractivity contribution >= 4 is 23.2 Å². The Morgan fingerprint density at radius 3 is 1.55 bits per heavy atom. The average Bonchev–Trinajstić information content (AvgIpc) is 2.77. The Hall–Kier alpha value is -2.75. The van der Waals surface area contributed by atoms with Crippen molar-refractivity contribution in [1.82, 2.24) is 0 Å². The lowest BCUT2D eigenvalue weighted by Crippen LogP contribution is -2.31. The SMILES string of the molecule is FC(F)(F)c1cccc(C(c2ccccc2)(c2ccccc2)c2ccc(Cl)cc2Cl)c1. The smallest absolute Gasteiger partial charge is 0.166 e. The topological polar surface area (TPSA) is 0 Å². The molecular weight excluding hydrogens is 440 g/mol. The highest BCUT2D eigenvalue weighted by molar-refractivity contribution is 6.35. The van der Waals surface area contributed by atoms with Crippen LogP contribution in [-0.4, -0.2) is 0 Å². The Morgan fingerprint density at radius 2 is 1.03 bits per heavy atom. The van der Waals surface area contributed by atoms with Gasteiger partial charge in [-0.25, -0.2) is 0 Å². The lowest BCUT2D eigenvalue weighted by Gasteiger charge is -2.37. The fourth-order valence-corrected chi connectivity index (χ4v) is 4.62. The van der Waals surface area contributed by atoms with Gasteiger partial charge in [-0.15, -0.1) is 0 Å². The Bertz CT molecular complexity index is 1150. The van der Waals surface area contributed by atoms with Gasteiger partial charge in [-0.05, 0) is 40.5 Å². The van der Waals surface area contributed by atoms with Crippen molar-refractivity contribution in [1.29, 1.82) is 0 Å². The fraction of sp³-hybridized carbons (Fsp3) is 0.0769. The van der Waals surface area contributed by atoms with E-state index in [1.807, 2.05) is 60.7 Å². The molecule has 31 heavy (non-hydrogen) atoms. The van der Waals surface area contributed by atoms with Crippen LogP contribution in [0.25, 0.3) is 0 Å². The second-order valence-electron chi connectivity index (χ2n) is 7.18. The lowest BCUT2D eigenvalue weighted by molar-refractivity contribution is -0.137. The molecule has 0 nitrogen and oxygen atoms in total. The molecule has 0 aliphatic carbocycles. The second-order valence-corrected chi connectivity index (χ2v) is 8.03. The molecule has 0 saturated heterocycles. The summed E-state index contributed by atoms with van der Waals surface area (Å²) in [5.74, 6) is 0. The number of alkyl halides is 3. The molecule has 156 valence electrons. The molecular formula is C26H17Cl2F3. The van der Waals surface area contributed by atoms with Gasteiger partial charge in [0.1, 0.15) is 0 Å². The van der Waals surface area contributed by atoms with Crippen LogP contribution in [0.3, 0.4) is 0 Å². The van der Waals surface area contributed by atoms with Gasteiger partial charge in [0.25, 0.3) is 0 Å². The predicted molar refractivity (Wildman–Crippen MR) is 120 cm³/mol. The number of rotatable bonds is 4. The van der Waals surface area contributed by atoms with Crippen molar-refractivity contribution in [3.8, 4) is 0 Å². The third-order valence-electron chi connectivity index (χ3n) is 5.37. The van der Waals surface area contributed by atoms with Crippen LogP contribution in [0.5, 0.6) is 0 Å². The van der Waals surface area contributed by atoms with Crippen molar-refractivity contribution in [3.63, 3.8) is 0 Å². The van der Waals surface area contributed by atoms with Crippen LogP contribution in [0.1, 0.15) is 27.8 Å². The molecule has 0 bridgehead atoms. The third-order valence-corrected chi connectivity index (χ3v) is 5.92. The highest BCUT2D eigenvalue weighted by atomic mass is 35.5. The Balaban J connectivity index is 2.17. The van der Waals surface area contributed by atoms with E-state index in [1.54, 1.807) is 24.3 Å². The molecule has 0 N–H and O–H groups in total. The second kappa shape index (κ2) is 8.41. The summed E-state index contributed by atoms with van der Waals surface area (Å²) in [7, 11) is 0. The zero-order valence-electron chi connectivity index (χ0n) is 16.2. The molecule has 4 rings (SSSR count). The third kappa shape index (κ3) is 3.96. The maximum atomic E-state index is 13.7. The molecule has 0 aliphatic rings. The Labute approximate surface area is 188 Å². The molecule has 4 aromatic rings. The first-order valence-corrected chi connectivity index (χ1v) is 10.3. The van der Waals surface area contributed by atoms with Crippen molar-refractivity contribution in [2.45, 2.75) is 11.6 Å². The summed E-state index contributed by atoms with van der Waals surface area (Å²) in [6.45, 7) is 0. The molecule has 5 heteroatoms. The van der Waals surface area contributed by atoms with E-state index in [2.05, 4.69) is 0 Å². The van der Waals surface area contributed by atoms with Gasteiger partial charge in [-0.2, -0.15) is 13.2 Å². The molecule has 4 aromatic carbocycles. The zero-order valence-corrected chi connectivity index (χ0v) is 17.7. The van der Waals surface area contributed by atoms with Gasteiger partial charge in [-0.1, -0.05) is 108 Å². The van der Waals surface area contributed by atoms with Crippen molar-refractivity contribution in [3.05, 3.63) is 141 Å². The van der Waals surface area contributed by atoms with Gasteiger partial charge in [-0.3, -0.25) is 0 Å². The largest absolute Gasteiger partial charge is 0.416 e. The first-order valence-electron chi connectivity index (χ1n) is 9.58. The van der Waals surface area contributed by atoms with Gasteiger partial charge >= 0.3 is 6.18 Å².